The molecule has 0 aliphatic rings. The molecule has 0 saturated heterocycles. The second kappa shape index (κ2) is 6.03. The van der Waals surface area contributed by atoms with Crippen molar-refractivity contribution in [3.05, 3.63) is 39.4 Å². The van der Waals surface area contributed by atoms with Gasteiger partial charge in [0, 0.05) is 28.2 Å². The smallest absolute Gasteiger partial charge is 0.289 e. The van der Waals surface area contributed by atoms with Gasteiger partial charge in [0.25, 0.3) is 5.69 Å². The summed E-state index contributed by atoms with van der Waals surface area (Å²) in [7, 11) is 7.01. The molecule has 0 aromatic heterocycles. The van der Waals surface area contributed by atoms with E-state index in [-0.39, 0.29) is 5.69 Å². The largest absolute Gasteiger partial charge is 0.368 e. The Bertz CT molecular complexity index is 504. The summed E-state index contributed by atoms with van der Waals surface area (Å²) < 4.78 is 0. The third kappa shape index (κ3) is 3.24. The molecule has 102 valence electrons. The van der Waals surface area contributed by atoms with E-state index >= 15 is 0 Å². The van der Waals surface area contributed by atoms with Crippen LogP contribution in [0.4, 0.5) is 5.69 Å². The van der Waals surface area contributed by atoms with E-state index in [1.165, 1.54) is 0 Å². The molecule has 0 spiro atoms. The lowest BCUT2D eigenvalue weighted by molar-refractivity contribution is -0.385. The van der Waals surface area contributed by atoms with E-state index < -0.39 is 4.92 Å². The zero-order valence-electron chi connectivity index (χ0n) is 11.2. The summed E-state index contributed by atoms with van der Waals surface area (Å²) >= 11 is 10.5. The first-order valence-corrected chi connectivity index (χ1v) is 6.29. The molecule has 0 aliphatic heterocycles. The Morgan fingerprint density at radius 1 is 1.05 bits per heavy atom. The maximum Gasteiger partial charge on any atom is 0.289 e. The molecular weight excluding hydrogens is 282 g/mol. The van der Waals surface area contributed by atoms with E-state index in [9.17, 15) is 10.1 Å². The topological polar surface area (TPSA) is 49.6 Å². The summed E-state index contributed by atoms with van der Waals surface area (Å²) in [5, 5.41) is 11.3. The number of rotatable bonds is 3. The van der Waals surface area contributed by atoms with Crippen molar-refractivity contribution in [1.29, 1.82) is 0 Å². The van der Waals surface area contributed by atoms with E-state index in [2.05, 4.69) is 0 Å². The standard InChI is InChI=1S/C12H15N3O2S2/c1-13(2)11(18)8-6-5-7-9(10(8)15(16)17)12(19)14(3)4/h5-7H,1-4H3. The van der Waals surface area contributed by atoms with Crippen LogP contribution in [0, 0.1) is 10.1 Å². The Balaban J connectivity index is 3.51. The van der Waals surface area contributed by atoms with Gasteiger partial charge in [-0.3, -0.25) is 10.1 Å². The first kappa shape index (κ1) is 15.5. The van der Waals surface area contributed by atoms with Gasteiger partial charge in [-0.2, -0.15) is 0 Å². The van der Waals surface area contributed by atoms with Gasteiger partial charge >= 0.3 is 0 Å². The van der Waals surface area contributed by atoms with Gasteiger partial charge in [0.1, 0.15) is 9.98 Å². The van der Waals surface area contributed by atoms with Gasteiger partial charge in [0.15, 0.2) is 0 Å². The lowest BCUT2D eigenvalue weighted by atomic mass is 10.1. The zero-order valence-corrected chi connectivity index (χ0v) is 12.8. The van der Waals surface area contributed by atoms with Crippen molar-refractivity contribution in [1.82, 2.24) is 9.80 Å². The molecule has 1 aromatic rings. The SMILES string of the molecule is CN(C)C(=S)c1cccc(C(=S)N(C)C)c1[N+](=O)[O-]. The Morgan fingerprint density at radius 3 is 1.68 bits per heavy atom. The fraction of sp³-hybridized carbons (Fsp3) is 0.333. The normalized spacial score (nSPS) is 9.89. The highest BCUT2D eigenvalue weighted by molar-refractivity contribution is 7.81. The van der Waals surface area contributed by atoms with Crippen LogP contribution in [0.5, 0.6) is 0 Å². The molecule has 19 heavy (non-hydrogen) atoms. The Hall–Kier alpha value is -1.60. The average molecular weight is 297 g/mol. The molecule has 0 aliphatic carbocycles. The summed E-state index contributed by atoms with van der Waals surface area (Å²) in [5.41, 5.74) is 0.776. The minimum atomic E-state index is -0.434. The molecular formula is C12H15N3O2S2. The van der Waals surface area contributed by atoms with Crippen molar-refractivity contribution in [3.8, 4) is 0 Å². The first-order chi connectivity index (χ1) is 8.77. The van der Waals surface area contributed by atoms with Crippen molar-refractivity contribution >= 4 is 40.1 Å². The summed E-state index contributed by atoms with van der Waals surface area (Å²) in [5.74, 6) is 0. The van der Waals surface area contributed by atoms with Crippen LogP contribution in [0.2, 0.25) is 0 Å². The fourth-order valence-electron chi connectivity index (χ4n) is 1.57. The van der Waals surface area contributed by atoms with Gasteiger partial charge in [-0.15, -0.1) is 0 Å². The number of benzene rings is 1. The molecule has 0 bridgehead atoms. The number of nitro benzene ring substituents is 1. The van der Waals surface area contributed by atoms with Gasteiger partial charge in [-0.25, -0.2) is 0 Å². The maximum absolute atomic E-state index is 11.3. The first-order valence-electron chi connectivity index (χ1n) is 5.48. The third-order valence-corrected chi connectivity index (χ3v) is 3.66. The van der Waals surface area contributed by atoms with Gasteiger partial charge < -0.3 is 9.80 Å². The van der Waals surface area contributed by atoms with Crippen LogP contribution in [-0.2, 0) is 0 Å². The van der Waals surface area contributed by atoms with Crippen LogP contribution in [-0.4, -0.2) is 52.9 Å². The van der Waals surface area contributed by atoms with Crippen molar-refractivity contribution in [3.63, 3.8) is 0 Å². The van der Waals surface area contributed by atoms with Crippen molar-refractivity contribution < 1.29 is 4.92 Å². The second-order valence-electron chi connectivity index (χ2n) is 4.36. The van der Waals surface area contributed by atoms with Crippen LogP contribution in [0.3, 0.4) is 0 Å². The molecule has 1 aromatic carbocycles. The van der Waals surface area contributed by atoms with E-state index in [1.54, 1.807) is 56.2 Å². The molecule has 0 atom stereocenters. The van der Waals surface area contributed by atoms with Crippen molar-refractivity contribution in [2.75, 3.05) is 28.2 Å². The Labute approximate surface area is 123 Å². The fourth-order valence-corrected chi connectivity index (χ4v) is 1.90. The average Bonchev–Trinajstić information content (AvgIpc) is 2.35. The molecule has 0 saturated carbocycles. The van der Waals surface area contributed by atoms with Crippen LogP contribution in [0.1, 0.15) is 11.1 Å². The molecule has 0 fully saturated rings. The number of para-hydroxylation sites is 1. The number of nitrogens with zero attached hydrogens (tertiary/aromatic N) is 3. The van der Waals surface area contributed by atoms with E-state index in [4.69, 9.17) is 24.4 Å². The van der Waals surface area contributed by atoms with Gasteiger partial charge in [0.2, 0.25) is 0 Å². The van der Waals surface area contributed by atoms with E-state index in [0.29, 0.717) is 21.1 Å². The zero-order chi connectivity index (χ0) is 14.7. The number of nitro groups is 1. The predicted octanol–water partition coefficient (Wildman–Crippen LogP) is 2.07. The number of hydrogen-bond acceptors (Lipinski definition) is 4. The molecule has 0 radical (unpaired) electrons. The lowest BCUT2D eigenvalue weighted by Crippen LogP contribution is -2.25. The molecule has 1 rings (SSSR count). The molecule has 7 heteroatoms. The second-order valence-corrected chi connectivity index (χ2v) is 5.13. The van der Waals surface area contributed by atoms with Gasteiger partial charge in [-0.05, 0) is 12.1 Å². The van der Waals surface area contributed by atoms with Crippen LogP contribution < -0.4 is 0 Å². The Kier molecular flexibility index (Phi) is 4.90. The summed E-state index contributed by atoms with van der Waals surface area (Å²) in [6, 6.07) is 5.01. The van der Waals surface area contributed by atoms with Crippen LogP contribution >= 0.6 is 24.4 Å². The lowest BCUT2D eigenvalue weighted by Gasteiger charge is -2.17. The van der Waals surface area contributed by atoms with Gasteiger partial charge in [0.05, 0.1) is 16.1 Å². The quantitative estimate of drug-likeness (QED) is 0.483. The predicted molar refractivity (Wildman–Crippen MR) is 83.9 cm³/mol. The third-order valence-electron chi connectivity index (χ3n) is 2.49. The molecule has 5 nitrogen and oxygen atoms in total. The van der Waals surface area contributed by atoms with E-state index in [0.717, 1.165) is 0 Å². The summed E-state index contributed by atoms with van der Waals surface area (Å²) in [6.07, 6.45) is 0. The highest BCUT2D eigenvalue weighted by Crippen LogP contribution is 2.26. The minimum Gasteiger partial charge on any atom is -0.368 e. The van der Waals surface area contributed by atoms with Crippen molar-refractivity contribution in [2.24, 2.45) is 0 Å². The summed E-state index contributed by atoms with van der Waals surface area (Å²) in [4.78, 5) is 15.1. The number of hydrogen-bond donors (Lipinski definition) is 0. The highest BCUT2D eigenvalue weighted by Gasteiger charge is 2.25. The Morgan fingerprint density at radius 2 is 1.42 bits per heavy atom. The van der Waals surface area contributed by atoms with Crippen LogP contribution in [0.15, 0.2) is 18.2 Å². The number of thiocarbonyl (C=S) groups is 2. The molecule has 0 unspecified atom stereocenters. The van der Waals surface area contributed by atoms with E-state index in [1.807, 2.05) is 0 Å². The molecule has 0 heterocycles. The maximum atomic E-state index is 11.3. The monoisotopic (exact) mass is 297 g/mol. The summed E-state index contributed by atoms with van der Waals surface area (Å²) in [6.45, 7) is 0. The molecule has 0 N–H and O–H groups in total. The van der Waals surface area contributed by atoms with Gasteiger partial charge in [-0.1, -0.05) is 30.5 Å². The van der Waals surface area contributed by atoms with Crippen molar-refractivity contribution in [2.45, 2.75) is 0 Å². The molecule has 0 amide bonds. The van der Waals surface area contributed by atoms with Crippen LogP contribution in [0.25, 0.3) is 0 Å². The highest BCUT2D eigenvalue weighted by atomic mass is 32.1. The minimum absolute atomic E-state index is 0.0418.